The molecule has 1 aliphatic rings. The van der Waals surface area contributed by atoms with Crippen LogP contribution in [-0.2, 0) is 0 Å². The number of likely N-dealkylation sites (tertiary alicyclic amines) is 1. The molecule has 138 valence electrons. The van der Waals surface area contributed by atoms with E-state index in [1.807, 2.05) is 11.9 Å². The predicted octanol–water partition coefficient (Wildman–Crippen LogP) is 3.86. The minimum absolute atomic E-state index is 0. The molecule has 1 saturated heterocycles. The summed E-state index contributed by atoms with van der Waals surface area (Å²) < 4.78 is 13.0. The third-order valence-electron chi connectivity index (χ3n) is 4.21. The van der Waals surface area contributed by atoms with Gasteiger partial charge < -0.3 is 10.2 Å². The van der Waals surface area contributed by atoms with Gasteiger partial charge in [0.1, 0.15) is 16.5 Å². The van der Waals surface area contributed by atoms with Gasteiger partial charge in [-0.25, -0.2) is 9.37 Å². The van der Waals surface area contributed by atoms with Crippen LogP contribution in [0.25, 0.3) is 10.6 Å². The van der Waals surface area contributed by atoms with Gasteiger partial charge in [0.05, 0.1) is 0 Å². The molecule has 1 aliphatic heterocycles. The Balaban J connectivity index is 0.00000156. The van der Waals surface area contributed by atoms with Crippen LogP contribution in [0.4, 0.5) is 4.39 Å². The molecular weight excluding hydrogens is 384 g/mol. The van der Waals surface area contributed by atoms with Crippen LogP contribution in [0, 0.1) is 11.7 Å². The molecule has 3 rings (SSSR count). The molecular formula is C17H22Cl2FN3OS. The molecule has 0 unspecified atom stereocenters. The summed E-state index contributed by atoms with van der Waals surface area (Å²) in [6.07, 6.45) is 2.06. The van der Waals surface area contributed by atoms with Gasteiger partial charge in [-0.3, -0.25) is 4.79 Å². The summed E-state index contributed by atoms with van der Waals surface area (Å²) in [4.78, 5) is 18.9. The molecule has 2 aromatic rings. The Morgan fingerprint density at radius 2 is 1.92 bits per heavy atom. The van der Waals surface area contributed by atoms with Gasteiger partial charge in [0.25, 0.3) is 5.91 Å². The minimum atomic E-state index is -0.272. The number of nitrogens with one attached hydrogen (secondary N) is 1. The highest BCUT2D eigenvalue weighted by atomic mass is 35.5. The average Bonchev–Trinajstić information content (AvgIpc) is 3.06. The van der Waals surface area contributed by atoms with E-state index in [0.29, 0.717) is 11.6 Å². The van der Waals surface area contributed by atoms with Gasteiger partial charge in [-0.05, 0) is 56.6 Å². The number of carbonyl (C=O) groups is 1. The van der Waals surface area contributed by atoms with E-state index >= 15 is 0 Å². The highest BCUT2D eigenvalue weighted by Gasteiger charge is 2.24. The lowest BCUT2D eigenvalue weighted by Crippen LogP contribution is -2.40. The predicted molar refractivity (Wildman–Crippen MR) is 105 cm³/mol. The maximum Gasteiger partial charge on any atom is 0.273 e. The summed E-state index contributed by atoms with van der Waals surface area (Å²) in [6, 6.07) is 6.19. The largest absolute Gasteiger partial charge is 0.337 e. The number of rotatable bonds is 4. The molecule has 0 spiro atoms. The van der Waals surface area contributed by atoms with E-state index in [1.54, 1.807) is 17.5 Å². The van der Waals surface area contributed by atoms with Crippen LogP contribution in [0.2, 0.25) is 0 Å². The number of hydrogen-bond acceptors (Lipinski definition) is 4. The third kappa shape index (κ3) is 5.38. The Labute approximate surface area is 163 Å². The summed E-state index contributed by atoms with van der Waals surface area (Å²) in [7, 11) is 1.96. The van der Waals surface area contributed by atoms with E-state index in [1.165, 1.54) is 23.5 Å². The number of amides is 1. The number of benzene rings is 1. The van der Waals surface area contributed by atoms with Crippen molar-refractivity contribution in [3.63, 3.8) is 0 Å². The van der Waals surface area contributed by atoms with E-state index in [0.717, 1.165) is 43.0 Å². The van der Waals surface area contributed by atoms with Crippen LogP contribution >= 0.6 is 36.2 Å². The smallest absolute Gasteiger partial charge is 0.273 e. The first kappa shape index (κ1) is 21.8. The monoisotopic (exact) mass is 405 g/mol. The highest BCUT2D eigenvalue weighted by Crippen LogP contribution is 2.25. The van der Waals surface area contributed by atoms with E-state index in [2.05, 4.69) is 10.3 Å². The zero-order valence-corrected chi connectivity index (χ0v) is 16.4. The first-order valence-electron chi connectivity index (χ1n) is 7.82. The van der Waals surface area contributed by atoms with Gasteiger partial charge >= 0.3 is 0 Å². The van der Waals surface area contributed by atoms with Crippen LogP contribution in [0.5, 0.6) is 0 Å². The molecule has 8 heteroatoms. The summed E-state index contributed by atoms with van der Waals surface area (Å²) in [6.45, 7) is 2.58. The maximum absolute atomic E-state index is 13.0. The second-order valence-electron chi connectivity index (χ2n) is 5.84. The molecule has 0 aliphatic carbocycles. The Morgan fingerprint density at radius 1 is 1.28 bits per heavy atom. The fourth-order valence-corrected chi connectivity index (χ4v) is 3.69. The second-order valence-corrected chi connectivity index (χ2v) is 6.70. The Kier molecular flexibility index (Phi) is 8.79. The van der Waals surface area contributed by atoms with Gasteiger partial charge in [0.15, 0.2) is 0 Å². The van der Waals surface area contributed by atoms with Gasteiger partial charge in [-0.15, -0.1) is 36.2 Å². The summed E-state index contributed by atoms with van der Waals surface area (Å²) in [5, 5.41) is 5.74. The molecule has 1 aromatic heterocycles. The standard InChI is InChI=1S/C17H20FN3OS.2ClH/c1-19-10-12-6-8-21(9-7-12)17(22)15-11-23-16(20-15)13-2-4-14(18)5-3-13;;/h2-5,11-12,19H,6-10H2,1H3;2*1H. The lowest BCUT2D eigenvalue weighted by molar-refractivity contribution is 0.0686. The summed E-state index contributed by atoms with van der Waals surface area (Å²) in [5.74, 6) is 0.373. The molecule has 0 radical (unpaired) electrons. The lowest BCUT2D eigenvalue weighted by atomic mass is 9.97. The zero-order valence-electron chi connectivity index (χ0n) is 13.9. The second kappa shape index (κ2) is 10.1. The van der Waals surface area contributed by atoms with Crippen LogP contribution < -0.4 is 5.32 Å². The van der Waals surface area contributed by atoms with Crippen molar-refractivity contribution >= 4 is 42.1 Å². The number of piperidine rings is 1. The first-order valence-corrected chi connectivity index (χ1v) is 8.70. The van der Waals surface area contributed by atoms with Crippen molar-refractivity contribution < 1.29 is 9.18 Å². The maximum atomic E-state index is 13.0. The molecule has 1 fully saturated rings. The lowest BCUT2D eigenvalue weighted by Gasteiger charge is -2.31. The third-order valence-corrected chi connectivity index (χ3v) is 5.10. The SMILES string of the molecule is CNCC1CCN(C(=O)c2csc(-c3ccc(F)cc3)n2)CC1.Cl.Cl. The number of thiazole rings is 1. The number of halogens is 3. The highest BCUT2D eigenvalue weighted by molar-refractivity contribution is 7.13. The van der Waals surface area contributed by atoms with Gasteiger partial charge in [0, 0.05) is 24.0 Å². The number of aromatic nitrogens is 1. The van der Waals surface area contributed by atoms with Crippen molar-refractivity contribution in [1.82, 2.24) is 15.2 Å². The number of hydrogen-bond donors (Lipinski definition) is 1. The summed E-state index contributed by atoms with van der Waals surface area (Å²) in [5.41, 5.74) is 1.32. The van der Waals surface area contributed by atoms with Gasteiger partial charge in [-0.1, -0.05) is 0 Å². The fourth-order valence-electron chi connectivity index (χ4n) is 2.89. The normalized spacial score (nSPS) is 14.6. The van der Waals surface area contributed by atoms with E-state index in [9.17, 15) is 9.18 Å². The van der Waals surface area contributed by atoms with Crippen molar-refractivity contribution in [2.75, 3.05) is 26.7 Å². The van der Waals surface area contributed by atoms with E-state index in [4.69, 9.17) is 0 Å². The average molecular weight is 406 g/mol. The number of nitrogens with zero attached hydrogens (tertiary/aromatic N) is 2. The molecule has 0 saturated carbocycles. The molecule has 1 aromatic carbocycles. The Hall–Kier alpha value is -1.21. The van der Waals surface area contributed by atoms with E-state index in [-0.39, 0.29) is 36.5 Å². The molecule has 0 bridgehead atoms. The van der Waals surface area contributed by atoms with Gasteiger partial charge in [-0.2, -0.15) is 0 Å². The van der Waals surface area contributed by atoms with Crippen molar-refractivity contribution in [2.45, 2.75) is 12.8 Å². The topological polar surface area (TPSA) is 45.2 Å². The van der Waals surface area contributed by atoms with Crippen molar-refractivity contribution in [3.05, 3.63) is 41.2 Å². The summed E-state index contributed by atoms with van der Waals surface area (Å²) >= 11 is 1.42. The van der Waals surface area contributed by atoms with Crippen LogP contribution in [0.3, 0.4) is 0 Å². The van der Waals surface area contributed by atoms with Crippen molar-refractivity contribution in [1.29, 1.82) is 0 Å². The molecule has 4 nitrogen and oxygen atoms in total. The van der Waals surface area contributed by atoms with E-state index < -0.39 is 0 Å². The quantitative estimate of drug-likeness (QED) is 0.839. The first-order chi connectivity index (χ1) is 11.2. The van der Waals surface area contributed by atoms with Crippen molar-refractivity contribution in [2.24, 2.45) is 5.92 Å². The molecule has 1 N–H and O–H groups in total. The van der Waals surface area contributed by atoms with Crippen LogP contribution in [0.15, 0.2) is 29.6 Å². The molecule has 25 heavy (non-hydrogen) atoms. The van der Waals surface area contributed by atoms with Gasteiger partial charge in [0.2, 0.25) is 0 Å². The molecule has 2 heterocycles. The number of carbonyl (C=O) groups excluding carboxylic acids is 1. The molecule has 1 amide bonds. The van der Waals surface area contributed by atoms with Crippen LogP contribution in [0.1, 0.15) is 23.3 Å². The molecule has 0 atom stereocenters. The van der Waals surface area contributed by atoms with Crippen molar-refractivity contribution in [3.8, 4) is 10.6 Å². The Morgan fingerprint density at radius 3 is 2.52 bits per heavy atom. The fraction of sp³-hybridized carbons (Fsp3) is 0.412. The Bertz CT molecular complexity index is 673. The zero-order chi connectivity index (χ0) is 16.2. The minimum Gasteiger partial charge on any atom is -0.337 e. The van der Waals surface area contributed by atoms with Crippen LogP contribution in [-0.4, -0.2) is 42.5 Å².